The number of nitrogens with zero attached hydrogens (tertiary/aromatic N) is 2. The zero-order valence-corrected chi connectivity index (χ0v) is 17.0. The molecule has 25 heavy (non-hydrogen) atoms. The van der Waals surface area contributed by atoms with Crippen molar-refractivity contribution in [3.8, 4) is 0 Å². The predicted molar refractivity (Wildman–Crippen MR) is 94.9 cm³/mol. The fourth-order valence-electron chi connectivity index (χ4n) is 3.59. The minimum Gasteiger partial charge on any atom is -0.444 e. The molecular formula is C16H27ClN2O5S. The Labute approximate surface area is 154 Å². The first-order chi connectivity index (χ1) is 11.2. The summed E-state index contributed by atoms with van der Waals surface area (Å²) in [5, 5.41) is -0.860. The Bertz CT molecular complexity index is 656. The molecule has 2 aliphatic rings. The maximum absolute atomic E-state index is 12.3. The molecule has 9 heteroatoms. The van der Waals surface area contributed by atoms with E-state index in [-0.39, 0.29) is 36.4 Å². The quantitative estimate of drug-likeness (QED) is 0.670. The van der Waals surface area contributed by atoms with Crippen LogP contribution in [-0.4, -0.2) is 66.7 Å². The van der Waals surface area contributed by atoms with Crippen LogP contribution in [0.2, 0.25) is 0 Å². The summed E-state index contributed by atoms with van der Waals surface area (Å²) in [5.41, 5.74) is -0.944. The van der Waals surface area contributed by atoms with Gasteiger partial charge in [-0.2, -0.15) is 0 Å². The standard InChI is InChI=1S/C16H27ClN2O5S/c1-15(2,3)24-14(21)18-7-6-12(16(4,5)10-18)19-9-11(8-13(19)20)25(17,22)23/h11-12H,6-10H2,1-5H3. The molecule has 2 fully saturated rings. The smallest absolute Gasteiger partial charge is 0.410 e. The van der Waals surface area contributed by atoms with Gasteiger partial charge >= 0.3 is 6.09 Å². The van der Waals surface area contributed by atoms with Gasteiger partial charge in [-0.3, -0.25) is 4.79 Å². The van der Waals surface area contributed by atoms with Crippen LogP contribution in [0.3, 0.4) is 0 Å². The van der Waals surface area contributed by atoms with Crippen molar-refractivity contribution < 1.29 is 22.7 Å². The van der Waals surface area contributed by atoms with E-state index >= 15 is 0 Å². The molecule has 0 aromatic heterocycles. The van der Waals surface area contributed by atoms with Crippen LogP contribution < -0.4 is 0 Å². The van der Waals surface area contributed by atoms with Crippen molar-refractivity contribution in [1.29, 1.82) is 0 Å². The van der Waals surface area contributed by atoms with Crippen molar-refractivity contribution in [1.82, 2.24) is 9.80 Å². The van der Waals surface area contributed by atoms with E-state index in [0.29, 0.717) is 19.5 Å². The molecule has 2 aliphatic heterocycles. The van der Waals surface area contributed by atoms with E-state index in [1.165, 1.54) is 0 Å². The molecule has 2 saturated heterocycles. The Morgan fingerprint density at radius 1 is 1.32 bits per heavy atom. The fraction of sp³-hybridized carbons (Fsp3) is 0.875. The lowest BCUT2D eigenvalue weighted by atomic mass is 9.78. The summed E-state index contributed by atoms with van der Waals surface area (Å²) < 4.78 is 28.5. The second-order valence-corrected chi connectivity index (χ2v) is 11.5. The average molecular weight is 395 g/mol. The van der Waals surface area contributed by atoms with Gasteiger partial charge in [-0.25, -0.2) is 13.2 Å². The zero-order valence-electron chi connectivity index (χ0n) is 15.4. The summed E-state index contributed by atoms with van der Waals surface area (Å²) in [4.78, 5) is 27.9. The van der Waals surface area contributed by atoms with E-state index < -0.39 is 19.9 Å². The van der Waals surface area contributed by atoms with Gasteiger partial charge in [0.1, 0.15) is 10.9 Å². The Hall–Kier alpha value is -1.02. The van der Waals surface area contributed by atoms with Gasteiger partial charge in [-0.05, 0) is 27.2 Å². The van der Waals surface area contributed by atoms with Crippen LogP contribution in [0.15, 0.2) is 0 Å². The fourth-order valence-corrected chi connectivity index (χ4v) is 4.63. The lowest BCUT2D eigenvalue weighted by molar-refractivity contribution is -0.133. The van der Waals surface area contributed by atoms with Crippen LogP contribution in [0.1, 0.15) is 47.5 Å². The molecule has 0 aromatic rings. The minimum atomic E-state index is -3.76. The summed E-state index contributed by atoms with van der Waals surface area (Å²) in [7, 11) is 1.67. The second kappa shape index (κ2) is 6.61. The first kappa shape index (κ1) is 20.3. The molecule has 144 valence electrons. The molecule has 2 unspecified atom stereocenters. The number of hydrogen-bond donors (Lipinski definition) is 0. The van der Waals surface area contributed by atoms with Crippen LogP contribution in [0.4, 0.5) is 4.79 Å². The zero-order chi connectivity index (χ0) is 19.2. The largest absolute Gasteiger partial charge is 0.444 e. The highest BCUT2D eigenvalue weighted by atomic mass is 35.7. The number of halogens is 1. The van der Waals surface area contributed by atoms with Crippen molar-refractivity contribution in [2.75, 3.05) is 19.6 Å². The Balaban J connectivity index is 2.09. The van der Waals surface area contributed by atoms with Crippen molar-refractivity contribution >= 4 is 31.7 Å². The molecule has 0 aromatic carbocycles. The Kier molecular flexibility index (Phi) is 5.37. The van der Waals surface area contributed by atoms with Gasteiger partial charge in [0.25, 0.3) is 0 Å². The number of piperidine rings is 1. The maximum atomic E-state index is 12.3. The summed E-state index contributed by atoms with van der Waals surface area (Å²) in [6, 6.07) is -0.137. The monoisotopic (exact) mass is 394 g/mol. The number of carbonyl (C=O) groups excluding carboxylic acids is 2. The summed E-state index contributed by atoms with van der Waals surface area (Å²) in [6.07, 6.45) is 0.134. The van der Waals surface area contributed by atoms with Crippen LogP contribution in [0.25, 0.3) is 0 Å². The summed E-state index contributed by atoms with van der Waals surface area (Å²) >= 11 is 0. The van der Waals surface area contributed by atoms with E-state index in [1.807, 2.05) is 34.6 Å². The maximum Gasteiger partial charge on any atom is 0.410 e. The first-order valence-corrected chi connectivity index (χ1v) is 10.8. The molecule has 0 spiro atoms. The van der Waals surface area contributed by atoms with E-state index in [0.717, 1.165) is 0 Å². The highest BCUT2D eigenvalue weighted by Gasteiger charge is 2.47. The number of rotatable bonds is 2. The molecule has 2 heterocycles. The molecule has 2 rings (SSSR count). The van der Waals surface area contributed by atoms with E-state index in [1.54, 1.807) is 9.80 Å². The van der Waals surface area contributed by atoms with Crippen LogP contribution in [0.5, 0.6) is 0 Å². The van der Waals surface area contributed by atoms with E-state index in [4.69, 9.17) is 15.4 Å². The highest BCUT2D eigenvalue weighted by Crippen LogP contribution is 2.37. The van der Waals surface area contributed by atoms with Crippen LogP contribution >= 0.6 is 10.7 Å². The van der Waals surface area contributed by atoms with Crippen molar-refractivity contribution in [3.05, 3.63) is 0 Å². The molecular weight excluding hydrogens is 368 g/mol. The molecule has 0 saturated carbocycles. The van der Waals surface area contributed by atoms with Crippen molar-refractivity contribution in [3.63, 3.8) is 0 Å². The highest BCUT2D eigenvalue weighted by molar-refractivity contribution is 8.14. The third-order valence-electron chi connectivity index (χ3n) is 4.72. The minimum absolute atomic E-state index is 0.0752. The number of amides is 2. The second-order valence-electron chi connectivity index (χ2n) is 8.54. The van der Waals surface area contributed by atoms with E-state index in [2.05, 4.69) is 0 Å². The predicted octanol–water partition coefficient (Wildman–Crippen LogP) is 2.19. The van der Waals surface area contributed by atoms with Gasteiger partial charge < -0.3 is 14.5 Å². The van der Waals surface area contributed by atoms with Crippen molar-refractivity contribution in [2.24, 2.45) is 5.41 Å². The molecule has 0 radical (unpaired) electrons. The summed E-state index contributed by atoms with van der Waals surface area (Å²) in [5.74, 6) is -0.196. The number of likely N-dealkylation sites (tertiary alicyclic amines) is 2. The molecule has 0 N–H and O–H groups in total. The van der Waals surface area contributed by atoms with Gasteiger partial charge in [0.05, 0.1) is 0 Å². The molecule has 0 aliphatic carbocycles. The third-order valence-corrected chi connectivity index (χ3v) is 6.59. The topological polar surface area (TPSA) is 84.0 Å². The van der Waals surface area contributed by atoms with Gasteiger partial charge in [0.15, 0.2) is 0 Å². The third kappa shape index (κ3) is 4.78. The number of ether oxygens (including phenoxy) is 1. The van der Waals surface area contributed by atoms with Gasteiger partial charge in [-0.15, -0.1) is 0 Å². The average Bonchev–Trinajstić information content (AvgIpc) is 2.77. The van der Waals surface area contributed by atoms with Gasteiger partial charge in [0, 0.05) is 48.2 Å². The first-order valence-electron chi connectivity index (χ1n) is 8.41. The van der Waals surface area contributed by atoms with Gasteiger partial charge in [0.2, 0.25) is 15.0 Å². The lowest BCUT2D eigenvalue weighted by Gasteiger charge is -2.47. The SMILES string of the molecule is CC(C)(C)OC(=O)N1CCC(N2CC(S(=O)(=O)Cl)CC2=O)C(C)(C)C1. The number of hydrogen-bond acceptors (Lipinski definition) is 5. The number of carbonyl (C=O) groups is 2. The molecule has 2 amide bonds. The van der Waals surface area contributed by atoms with Crippen LogP contribution in [-0.2, 0) is 18.6 Å². The normalized spacial score (nSPS) is 27.5. The summed E-state index contributed by atoms with van der Waals surface area (Å²) in [6.45, 7) is 10.4. The Morgan fingerprint density at radius 3 is 2.36 bits per heavy atom. The van der Waals surface area contributed by atoms with E-state index in [9.17, 15) is 18.0 Å². The van der Waals surface area contributed by atoms with Crippen molar-refractivity contribution in [2.45, 2.75) is 64.4 Å². The lowest BCUT2D eigenvalue weighted by Crippen LogP contribution is -2.57. The Morgan fingerprint density at radius 2 is 1.92 bits per heavy atom. The van der Waals surface area contributed by atoms with Crippen LogP contribution in [0, 0.1) is 5.41 Å². The van der Waals surface area contributed by atoms with Gasteiger partial charge in [-0.1, -0.05) is 13.8 Å². The molecule has 0 bridgehead atoms. The molecule has 7 nitrogen and oxygen atoms in total. The molecule has 2 atom stereocenters.